The quantitative estimate of drug-likeness (QED) is 0.654. The standard InChI is InChI=1S/C14H19N5S/c1-19(2)12(11-6-8-20-10-11)9-17-14(15)18-13-5-3-4-7-16-13/h3-8,10,12H,9H2,1-2H3,(H3,15,16,17,18). The van der Waals surface area contributed by atoms with Crippen LogP contribution in [0.2, 0.25) is 0 Å². The Bertz CT molecular complexity index is 536. The van der Waals surface area contributed by atoms with Crippen LogP contribution in [-0.2, 0) is 0 Å². The van der Waals surface area contributed by atoms with Gasteiger partial charge in [-0.05, 0) is 48.6 Å². The van der Waals surface area contributed by atoms with Crippen LogP contribution in [0, 0.1) is 0 Å². The first-order valence-corrected chi connectivity index (χ1v) is 7.27. The lowest BCUT2D eigenvalue weighted by Crippen LogP contribution is -2.27. The Balaban J connectivity index is 1.99. The zero-order valence-electron chi connectivity index (χ0n) is 11.7. The van der Waals surface area contributed by atoms with Crippen molar-refractivity contribution in [2.24, 2.45) is 10.7 Å². The first-order valence-electron chi connectivity index (χ1n) is 6.33. The van der Waals surface area contributed by atoms with Gasteiger partial charge in [0.2, 0.25) is 0 Å². The van der Waals surface area contributed by atoms with E-state index in [9.17, 15) is 0 Å². The molecule has 2 aromatic rings. The van der Waals surface area contributed by atoms with Gasteiger partial charge in [-0.2, -0.15) is 11.3 Å². The third kappa shape index (κ3) is 4.04. The number of hydrogen-bond acceptors (Lipinski definition) is 4. The highest BCUT2D eigenvalue weighted by molar-refractivity contribution is 7.07. The lowest BCUT2D eigenvalue weighted by atomic mass is 10.1. The molecule has 3 N–H and O–H groups in total. The minimum atomic E-state index is 0.227. The van der Waals surface area contributed by atoms with Gasteiger partial charge in [0.05, 0.1) is 12.6 Å². The van der Waals surface area contributed by atoms with Crippen LogP contribution in [0.5, 0.6) is 0 Å². The molecule has 2 aromatic heterocycles. The molecular formula is C14H19N5S. The monoisotopic (exact) mass is 289 g/mol. The number of rotatable bonds is 5. The molecular weight excluding hydrogens is 270 g/mol. The predicted octanol–water partition coefficient (Wildman–Crippen LogP) is 2.17. The normalized spacial score (nSPS) is 13.4. The van der Waals surface area contributed by atoms with Crippen molar-refractivity contribution >= 4 is 23.1 Å². The maximum absolute atomic E-state index is 5.89. The van der Waals surface area contributed by atoms with Crippen molar-refractivity contribution in [1.29, 1.82) is 0 Å². The summed E-state index contributed by atoms with van der Waals surface area (Å²) in [5.41, 5.74) is 7.15. The van der Waals surface area contributed by atoms with Gasteiger partial charge in [-0.25, -0.2) is 4.98 Å². The number of aromatic nitrogens is 1. The third-order valence-corrected chi connectivity index (χ3v) is 3.61. The molecule has 5 nitrogen and oxygen atoms in total. The van der Waals surface area contributed by atoms with E-state index in [0.29, 0.717) is 18.3 Å². The summed E-state index contributed by atoms with van der Waals surface area (Å²) >= 11 is 1.69. The summed E-state index contributed by atoms with van der Waals surface area (Å²) in [6.07, 6.45) is 1.71. The third-order valence-electron chi connectivity index (χ3n) is 2.91. The second kappa shape index (κ2) is 7.02. The van der Waals surface area contributed by atoms with Crippen molar-refractivity contribution in [2.75, 3.05) is 26.0 Å². The zero-order chi connectivity index (χ0) is 14.4. The average molecular weight is 289 g/mol. The largest absolute Gasteiger partial charge is 0.370 e. The second-order valence-electron chi connectivity index (χ2n) is 4.60. The van der Waals surface area contributed by atoms with Gasteiger partial charge in [0.25, 0.3) is 0 Å². The fraction of sp³-hybridized carbons (Fsp3) is 0.286. The molecule has 1 atom stereocenters. The molecule has 0 bridgehead atoms. The summed E-state index contributed by atoms with van der Waals surface area (Å²) in [7, 11) is 4.08. The van der Waals surface area contributed by atoms with Crippen LogP contribution in [-0.4, -0.2) is 36.5 Å². The molecule has 1 unspecified atom stereocenters. The Morgan fingerprint density at radius 3 is 2.90 bits per heavy atom. The number of likely N-dealkylation sites (N-methyl/N-ethyl adjacent to an activating group) is 1. The van der Waals surface area contributed by atoms with Crippen molar-refractivity contribution in [3.8, 4) is 0 Å². The van der Waals surface area contributed by atoms with Crippen LogP contribution in [0.1, 0.15) is 11.6 Å². The van der Waals surface area contributed by atoms with E-state index >= 15 is 0 Å². The van der Waals surface area contributed by atoms with Gasteiger partial charge in [0, 0.05) is 6.20 Å². The Hall–Kier alpha value is -1.92. The Morgan fingerprint density at radius 2 is 2.30 bits per heavy atom. The summed E-state index contributed by atoms with van der Waals surface area (Å²) in [5.74, 6) is 1.08. The SMILES string of the molecule is CN(C)C(CN=C(N)Nc1ccccn1)c1ccsc1. The number of nitrogens with two attached hydrogens (primary N) is 1. The van der Waals surface area contributed by atoms with Crippen molar-refractivity contribution in [3.05, 3.63) is 46.8 Å². The van der Waals surface area contributed by atoms with Crippen molar-refractivity contribution in [3.63, 3.8) is 0 Å². The number of nitrogens with one attached hydrogen (secondary N) is 1. The maximum atomic E-state index is 5.89. The summed E-state index contributed by atoms with van der Waals surface area (Å²) in [5, 5.41) is 7.20. The maximum Gasteiger partial charge on any atom is 0.194 e. The number of anilines is 1. The fourth-order valence-corrected chi connectivity index (χ4v) is 2.53. The van der Waals surface area contributed by atoms with Crippen LogP contribution in [0.25, 0.3) is 0 Å². The molecule has 0 aliphatic carbocycles. The number of aliphatic imine (C=N–C) groups is 1. The molecule has 0 aliphatic heterocycles. The van der Waals surface area contributed by atoms with E-state index in [0.717, 1.165) is 0 Å². The molecule has 0 fully saturated rings. The number of pyridine rings is 1. The molecule has 2 rings (SSSR count). The van der Waals surface area contributed by atoms with E-state index in [1.807, 2.05) is 32.3 Å². The molecule has 0 aromatic carbocycles. The highest BCUT2D eigenvalue weighted by atomic mass is 32.1. The Kier molecular flexibility index (Phi) is 5.09. The fourth-order valence-electron chi connectivity index (χ4n) is 1.82. The van der Waals surface area contributed by atoms with E-state index in [2.05, 4.69) is 37.0 Å². The van der Waals surface area contributed by atoms with E-state index in [-0.39, 0.29) is 6.04 Å². The van der Waals surface area contributed by atoms with E-state index in [4.69, 9.17) is 5.73 Å². The lowest BCUT2D eigenvalue weighted by molar-refractivity contribution is 0.307. The predicted molar refractivity (Wildman–Crippen MR) is 85.1 cm³/mol. The van der Waals surface area contributed by atoms with E-state index in [1.54, 1.807) is 17.5 Å². The number of nitrogens with zero attached hydrogens (tertiary/aromatic N) is 3. The Labute approximate surface area is 123 Å². The smallest absolute Gasteiger partial charge is 0.194 e. The van der Waals surface area contributed by atoms with Crippen molar-refractivity contribution in [2.45, 2.75) is 6.04 Å². The molecule has 0 aliphatic rings. The molecule has 2 heterocycles. The summed E-state index contributed by atoms with van der Waals surface area (Å²) in [6, 6.07) is 7.95. The number of guanidine groups is 1. The number of hydrogen-bond donors (Lipinski definition) is 2. The van der Waals surface area contributed by atoms with Gasteiger partial charge >= 0.3 is 0 Å². The molecule has 0 spiro atoms. The molecule has 0 saturated heterocycles. The number of thiophene rings is 1. The molecule has 20 heavy (non-hydrogen) atoms. The van der Waals surface area contributed by atoms with E-state index in [1.165, 1.54) is 5.56 Å². The second-order valence-corrected chi connectivity index (χ2v) is 5.38. The summed E-state index contributed by atoms with van der Waals surface area (Å²) in [6.45, 7) is 0.607. The first kappa shape index (κ1) is 14.5. The van der Waals surface area contributed by atoms with Crippen LogP contribution < -0.4 is 11.1 Å². The zero-order valence-corrected chi connectivity index (χ0v) is 12.5. The van der Waals surface area contributed by atoms with Crippen LogP contribution in [0.4, 0.5) is 5.82 Å². The molecule has 106 valence electrons. The van der Waals surface area contributed by atoms with Gasteiger partial charge in [0.15, 0.2) is 5.96 Å². The summed E-state index contributed by atoms with van der Waals surface area (Å²) < 4.78 is 0. The van der Waals surface area contributed by atoms with Crippen molar-refractivity contribution in [1.82, 2.24) is 9.88 Å². The highest BCUT2D eigenvalue weighted by Gasteiger charge is 2.13. The van der Waals surface area contributed by atoms with Crippen LogP contribution in [0.3, 0.4) is 0 Å². The van der Waals surface area contributed by atoms with Gasteiger partial charge in [-0.1, -0.05) is 6.07 Å². The minimum absolute atomic E-state index is 0.227. The van der Waals surface area contributed by atoms with Crippen molar-refractivity contribution < 1.29 is 0 Å². The van der Waals surface area contributed by atoms with Gasteiger partial charge < -0.3 is 16.0 Å². The molecule has 6 heteroatoms. The molecule has 0 saturated carbocycles. The van der Waals surface area contributed by atoms with Gasteiger partial charge in [-0.15, -0.1) is 0 Å². The van der Waals surface area contributed by atoms with Crippen LogP contribution in [0.15, 0.2) is 46.2 Å². The average Bonchev–Trinajstić information content (AvgIpc) is 2.93. The van der Waals surface area contributed by atoms with Gasteiger partial charge in [0.1, 0.15) is 5.82 Å². The highest BCUT2D eigenvalue weighted by Crippen LogP contribution is 2.21. The summed E-state index contributed by atoms with van der Waals surface area (Å²) in [4.78, 5) is 10.7. The Morgan fingerprint density at radius 1 is 1.45 bits per heavy atom. The minimum Gasteiger partial charge on any atom is -0.370 e. The topological polar surface area (TPSA) is 66.5 Å². The lowest BCUT2D eigenvalue weighted by Gasteiger charge is -2.21. The molecule has 0 radical (unpaired) electrons. The van der Waals surface area contributed by atoms with Crippen LogP contribution >= 0.6 is 11.3 Å². The van der Waals surface area contributed by atoms with E-state index < -0.39 is 0 Å². The molecule has 0 amide bonds. The van der Waals surface area contributed by atoms with Gasteiger partial charge in [-0.3, -0.25) is 4.99 Å². The first-order chi connectivity index (χ1) is 9.66.